The third-order valence-electron chi connectivity index (χ3n) is 5.23. The van der Waals surface area contributed by atoms with Gasteiger partial charge in [-0.3, -0.25) is 4.79 Å². The van der Waals surface area contributed by atoms with Gasteiger partial charge >= 0.3 is 12.4 Å². The van der Waals surface area contributed by atoms with Crippen LogP contribution in [0.4, 0.5) is 32.0 Å². The van der Waals surface area contributed by atoms with Crippen LogP contribution in [0.2, 0.25) is 0 Å². The summed E-state index contributed by atoms with van der Waals surface area (Å²) in [4.78, 5) is 14.2. The fraction of sp³-hybridized carbons (Fsp3) is 0.409. The first-order valence-corrected chi connectivity index (χ1v) is 10.7. The summed E-state index contributed by atoms with van der Waals surface area (Å²) in [5.74, 6) is -0.718. The van der Waals surface area contributed by atoms with E-state index >= 15 is 0 Å². The first kappa shape index (κ1) is 24.4. The van der Waals surface area contributed by atoms with Crippen molar-refractivity contribution < 1.29 is 36.2 Å². The van der Waals surface area contributed by atoms with Crippen molar-refractivity contribution in [2.75, 3.05) is 11.4 Å². The molecule has 2 aromatic rings. The molecule has 1 atom stereocenters. The third kappa shape index (κ3) is 4.47. The van der Waals surface area contributed by atoms with Gasteiger partial charge in [0, 0.05) is 28.2 Å². The lowest BCUT2D eigenvalue weighted by Crippen LogP contribution is -2.54. The van der Waals surface area contributed by atoms with Crippen molar-refractivity contribution in [1.29, 1.82) is 0 Å². The average Bonchev–Trinajstić information content (AvgIpc) is 2.70. The van der Waals surface area contributed by atoms with Crippen molar-refractivity contribution >= 4 is 23.4 Å². The maximum atomic E-state index is 13.4. The highest BCUT2D eigenvalue weighted by Crippen LogP contribution is 2.52. The summed E-state index contributed by atoms with van der Waals surface area (Å²) < 4.78 is 80.1. The zero-order valence-electron chi connectivity index (χ0n) is 17.2. The number of carbonyl (C=O) groups excluding carboxylic acids is 1. The fourth-order valence-electron chi connectivity index (χ4n) is 3.57. The molecule has 2 aromatic carbocycles. The SMILES string of the molecule is CC(C)C(=O)N1CC(Cc2ccccc2)Sc2cc(C(O)(C(F)(F)F)C(F)(F)F)ccc21. The van der Waals surface area contributed by atoms with E-state index in [2.05, 4.69) is 0 Å². The molecule has 0 bridgehead atoms. The Hall–Kier alpha value is -2.20. The number of alkyl halides is 6. The summed E-state index contributed by atoms with van der Waals surface area (Å²) in [6, 6.07) is 11.5. The molecule has 1 N–H and O–H groups in total. The maximum absolute atomic E-state index is 13.4. The normalized spacial score (nSPS) is 17.4. The van der Waals surface area contributed by atoms with Gasteiger partial charge in [-0.2, -0.15) is 26.3 Å². The molecule has 3 rings (SSSR count). The van der Waals surface area contributed by atoms with Crippen molar-refractivity contribution in [3.8, 4) is 0 Å². The number of nitrogens with zero attached hydrogens (tertiary/aromatic N) is 1. The van der Waals surface area contributed by atoms with Crippen LogP contribution in [0.25, 0.3) is 0 Å². The highest BCUT2D eigenvalue weighted by atomic mass is 32.2. The number of benzene rings is 2. The standard InChI is InChI=1S/C22H21F6NO2S/c1-13(2)19(30)29-12-16(10-14-6-4-3-5-7-14)32-18-11-15(8-9-17(18)29)20(31,21(23,24)25)22(26,27)28/h3-9,11,13,16,31H,10,12H2,1-2H3. The number of thioether (sulfide) groups is 1. The Morgan fingerprint density at radius 3 is 2.19 bits per heavy atom. The number of aliphatic hydroxyl groups is 1. The number of carbonyl (C=O) groups is 1. The van der Waals surface area contributed by atoms with Gasteiger partial charge in [0.2, 0.25) is 5.91 Å². The monoisotopic (exact) mass is 477 g/mol. The Labute approximate surface area is 185 Å². The van der Waals surface area contributed by atoms with Gasteiger partial charge in [-0.15, -0.1) is 11.8 Å². The van der Waals surface area contributed by atoms with Crippen LogP contribution in [0.15, 0.2) is 53.4 Å². The third-order valence-corrected chi connectivity index (χ3v) is 6.46. The van der Waals surface area contributed by atoms with Crippen LogP contribution >= 0.6 is 11.8 Å². The number of fused-ring (bicyclic) bond motifs is 1. The molecule has 1 unspecified atom stereocenters. The highest BCUT2D eigenvalue weighted by molar-refractivity contribution is 8.00. The zero-order chi connectivity index (χ0) is 23.9. The van der Waals surface area contributed by atoms with Crippen LogP contribution in [0.5, 0.6) is 0 Å². The average molecular weight is 477 g/mol. The predicted molar refractivity (Wildman–Crippen MR) is 109 cm³/mol. The van der Waals surface area contributed by atoms with Gasteiger partial charge < -0.3 is 10.0 Å². The van der Waals surface area contributed by atoms with E-state index in [4.69, 9.17) is 0 Å². The predicted octanol–water partition coefficient (Wildman–Crippen LogP) is 5.70. The van der Waals surface area contributed by atoms with E-state index in [1.807, 2.05) is 30.3 Å². The summed E-state index contributed by atoms with van der Waals surface area (Å²) in [6.07, 6.45) is -11.5. The van der Waals surface area contributed by atoms with Crippen molar-refractivity contribution in [3.05, 3.63) is 59.7 Å². The van der Waals surface area contributed by atoms with Crippen molar-refractivity contribution in [1.82, 2.24) is 0 Å². The van der Waals surface area contributed by atoms with Gasteiger partial charge in [0.05, 0.1) is 5.69 Å². The molecule has 0 spiro atoms. The molecule has 0 radical (unpaired) electrons. The molecule has 0 aliphatic carbocycles. The van der Waals surface area contributed by atoms with Crippen LogP contribution in [0.1, 0.15) is 25.0 Å². The van der Waals surface area contributed by atoms with E-state index in [1.165, 1.54) is 4.90 Å². The Morgan fingerprint density at radius 2 is 1.66 bits per heavy atom. The summed E-state index contributed by atoms with van der Waals surface area (Å²) in [6.45, 7) is 3.58. The summed E-state index contributed by atoms with van der Waals surface area (Å²) in [5, 5.41) is 9.48. The van der Waals surface area contributed by atoms with Crippen LogP contribution in [-0.2, 0) is 16.8 Å². The molecule has 1 aliphatic heterocycles. The van der Waals surface area contributed by atoms with Gasteiger partial charge in [-0.1, -0.05) is 50.2 Å². The lowest BCUT2D eigenvalue weighted by Gasteiger charge is -2.37. The lowest BCUT2D eigenvalue weighted by molar-refractivity contribution is -0.376. The minimum Gasteiger partial charge on any atom is -0.369 e. The van der Waals surface area contributed by atoms with Crippen molar-refractivity contribution in [2.24, 2.45) is 5.92 Å². The smallest absolute Gasteiger partial charge is 0.369 e. The molecule has 174 valence electrons. The molecule has 3 nitrogen and oxygen atoms in total. The molecule has 1 amide bonds. The lowest BCUT2D eigenvalue weighted by atomic mass is 9.92. The second-order valence-electron chi connectivity index (χ2n) is 7.92. The Bertz CT molecular complexity index is 961. The van der Waals surface area contributed by atoms with Gasteiger partial charge in [0.1, 0.15) is 0 Å². The number of hydrogen-bond acceptors (Lipinski definition) is 3. The summed E-state index contributed by atoms with van der Waals surface area (Å²) in [5.41, 5.74) is -5.20. The second kappa shape index (κ2) is 8.62. The van der Waals surface area contributed by atoms with Gasteiger partial charge in [0.15, 0.2) is 0 Å². The molecule has 1 aliphatic rings. The number of anilines is 1. The first-order chi connectivity index (χ1) is 14.8. The summed E-state index contributed by atoms with van der Waals surface area (Å²) >= 11 is 1.10. The Kier molecular flexibility index (Phi) is 6.59. The van der Waals surface area contributed by atoms with E-state index in [0.29, 0.717) is 18.6 Å². The maximum Gasteiger partial charge on any atom is 0.430 e. The molecule has 0 saturated carbocycles. The van der Waals surface area contributed by atoms with E-state index in [9.17, 15) is 36.2 Å². The van der Waals surface area contributed by atoms with Crippen LogP contribution in [0, 0.1) is 5.92 Å². The Balaban J connectivity index is 2.08. The minimum atomic E-state index is -5.98. The second-order valence-corrected chi connectivity index (χ2v) is 9.26. The largest absolute Gasteiger partial charge is 0.430 e. The van der Waals surface area contributed by atoms with E-state index in [-0.39, 0.29) is 28.3 Å². The van der Waals surface area contributed by atoms with Crippen LogP contribution in [-0.4, -0.2) is 35.2 Å². The molecule has 10 heteroatoms. The number of amides is 1. The number of hydrogen-bond donors (Lipinski definition) is 1. The molecular formula is C22H21F6NO2S. The highest BCUT2D eigenvalue weighted by Gasteiger charge is 2.71. The number of rotatable bonds is 4. The van der Waals surface area contributed by atoms with Crippen molar-refractivity contribution in [3.63, 3.8) is 0 Å². The van der Waals surface area contributed by atoms with Crippen LogP contribution in [0.3, 0.4) is 0 Å². The van der Waals surface area contributed by atoms with Gasteiger partial charge in [-0.25, -0.2) is 0 Å². The molecule has 0 fully saturated rings. The van der Waals surface area contributed by atoms with Gasteiger partial charge in [0.25, 0.3) is 5.60 Å². The molecule has 1 heterocycles. The van der Waals surface area contributed by atoms with Gasteiger partial charge in [-0.05, 0) is 24.1 Å². The number of halogens is 6. The van der Waals surface area contributed by atoms with E-state index in [1.54, 1.807) is 13.8 Å². The van der Waals surface area contributed by atoms with Crippen molar-refractivity contribution in [2.45, 2.75) is 48.4 Å². The summed E-state index contributed by atoms with van der Waals surface area (Å²) in [7, 11) is 0. The van der Waals surface area contributed by atoms with Crippen LogP contribution < -0.4 is 4.90 Å². The van der Waals surface area contributed by atoms with E-state index < -0.39 is 29.4 Å². The molecule has 0 saturated heterocycles. The molecular weight excluding hydrogens is 456 g/mol. The fourth-order valence-corrected chi connectivity index (χ4v) is 4.92. The van der Waals surface area contributed by atoms with E-state index in [0.717, 1.165) is 23.4 Å². The topological polar surface area (TPSA) is 40.5 Å². The first-order valence-electron chi connectivity index (χ1n) is 9.78. The quantitative estimate of drug-likeness (QED) is 0.574. The molecule has 0 aromatic heterocycles. The Morgan fingerprint density at radius 1 is 1.06 bits per heavy atom. The minimum absolute atomic E-state index is 0.0793. The molecule has 32 heavy (non-hydrogen) atoms. The zero-order valence-corrected chi connectivity index (χ0v) is 18.0.